The lowest BCUT2D eigenvalue weighted by Crippen LogP contribution is -2.38. The van der Waals surface area contributed by atoms with Gasteiger partial charge in [-0.15, -0.1) is 0 Å². The van der Waals surface area contributed by atoms with Gasteiger partial charge in [0.25, 0.3) is 0 Å². The van der Waals surface area contributed by atoms with Crippen LogP contribution < -0.4 is 15.4 Å². The summed E-state index contributed by atoms with van der Waals surface area (Å²) in [5.41, 5.74) is 3.89. The zero-order chi connectivity index (χ0) is 17.4. The summed E-state index contributed by atoms with van der Waals surface area (Å²) in [6, 6.07) is 10.3. The molecule has 2 aliphatic rings. The van der Waals surface area contributed by atoms with Crippen LogP contribution in [0.1, 0.15) is 35.6 Å². The third-order valence-electron chi connectivity index (χ3n) is 5.55. The van der Waals surface area contributed by atoms with Gasteiger partial charge < -0.3 is 15.4 Å². The molecule has 1 saturated carbocycles. The Morgan fingerprint density at radius 1 is 1.36 bits per heavy atom. The molecule has 25 heavy (non-hydrogen) atoms. The van der Waals surface area contributed by atoms with E-state index in [1.54, 1.807) is 19.5 Å². The highest BCUT2D eigenvalue weighted by atomic mass is 16.5. The molecule has 5 nitrogen and oxygen atoms in total. The van der Waals surface area contributed by atoms with Crippen molar-refractivity contribution in [1.82, 2.24) is 15.6 Å². The predicted octanol–water partition coefficient (Wildman–Crippen LogP) is 3.04. The van der Waals surface area contributed by atoms with E-state index >= 15 is 0 Å². The van der Waals surface area contributed by atoms with Crippen molar-refractivity contribution in [2.45, 2.75) is 25.3 Å². The number of nitrogens with one attached hydrogen (secondary N) is 2. The Kier molecular flexibility index (Phi) is 4.07. The average molecular weight is 337 g/mol. The summed E-state index contributed by atoms with van der Waals surface area (Å²) in [5, 5.41) is 6.02. The standard InChI is InChI=1S/C20H23N3O2/c1-12(14-7-8-21-11-18(14)25-2)23-20(24)22-10-17-16-9-13-5-3-4-6-15(13)19(16)17/h3-8,11-12,16-17,19H,9-10H2,1-2H3,(H2,22,23,24)/t12-,16-,17+,19-/m0/s1. The van der Waals surface area contributed by atoms with Crippen molar-refractivity contribution >= 4 is 6.03 Å². The van der Waals surface area contributed by atoms with Crippen molar-refractivity contribution in [2.24, 2.45) is 11.8 Å². The summed E-state index contributed by atoms with van der Waals surface area (Å²) in [4.78, 5) is 16.3. The van der Waals surface area contributed by atoms with E-state index in [4.69, 9.17) is 4.74 Å². The number of nitrogens with zero attached hydrogens (tertiary/aromatic N) is 1. The van der Waals surface area contributed by atoms with Crippen LogP contribution in [0.2, 0.25) is 0 Å². The Morgan fingerprint density at radius 2 is 2.20 bits per heavy atom. The highest BCUT2D eigenvalue weighted by Crippen LogP contribution is 2.60. The number of urea groups is 1. The van der Waals surface area contributed by atoms with Gasteiger partial charge >= 0.3 is 6.03 Å². The lowest BCUT2D eigenvalue weighted by atomic mass is 10.0. The molecule has 4 rings (SSSR count). The largest absolute Gasteiger partial charge is 0.495 e. The number of carbonyl (C=O) groups is 1. The van der Waals surface area contributed by atoms with Crippen LogP contribution in [0.5, 0.6) is 5.75 Å². The Bertz CT molecular complexity index is 792. The SMILES string of the molecule is COc1cnccc1[C@H](C)NC(=O)NC[C@@H]1[C@@H]2Cc3ccccc3[C@H]12. The second kappa shape index (κ2) is 6.39. The van der Waals surface area contributed by atoms with Gasteiger partial charge in [-0.3, -0.25) is 4.98 Å². The Hall–Kier alpha value is -2.56. The van der Waals surface area contributed by atoms with Crippen LogP contribution >= 0.6 is 0 Å². The summed E-state index contributed by atoms with van der Waals surface area (Å²) < 4.78 is 5.31. The number of hydrogen-bond acceptors (Lipinski definition) is 3. The molecule has 2 N–H and O–H groups in total. The summed E-state index contributed by atoms with van der Waals surface area (Å²) in [5.74, 6) is 2.60. The minimum atomic E-state index is -0.141. The zero-order valence-corrected chi connectivity index (χ0v) is 14.5. The molecule has 130 valence electrons. The summed E-state index contributed by atoms with van der Waals surface area (Å²) >= 11 is 0. The van der Waals surface area contributed by atoms with Gasteiger partial charge in [0.2, 0.25) is 0 Å². The fourth-order valence-corrected chi connectivity index (χ4v) is 4.22. The molecule has 1 heterocycles. The first kappa shape index (κ1) is 15.9. The van der Waals surface area contributed by atoms with E-state index in [1.807, 2.05) is 13.0 Å². The van der Waals surface area contributed by atoms with Gasteiger partial charge in [-0.1, -0.05) is 24.3 Å². The number of amides is 2. The molecule has 0 radical (unpaired) electrons. The number of methoxy groups -OCH3 is 1. The van der Waals surface area contributed by atoms with Crippen molar-refractivity contribution in [2.75, 3.05) is 13.7 Å². The first-order valence-electron chi connectivity index (χ1n) is 8.79. The van der Waals surface area contributed by atoms with Gasteiger partial charge in [-0.25, -0.2) is 4.79 Å². The average Bonchev–Trinajstić information content (AvgIpc) is 3.18. The van der Waals surface area contributed by atoms with Crippen molar-refractivity contribution in [1.29, 1.82) is 0 Å². The quantitative estimate of drug-likeness (QED) is 0.881. The monoisotopic (exact) mass is 337 g/mol. The normalized spacial score (nSPS) is 24.0. The molecule has 1 fully saturated rings. The minimum Gasteiger partial charge on any atom is -0.495 e. The third-order valence-corrected chi connectivity index (χ3v) is 5.55. The molecule has 0 aliphatic heterocycles. The summed E-state index contributed by atoms with van der Waals surface area (Å²) in [6.45, 7) is 2.68. The molecule has 5 heteroatoms. The number of pyridine rings is 1. The van der Waals surface area contributed by atoms with Crippen molar-refractivity contribution < 1.29 is 9.53 Å². The third kappa shape index (κ3) is 2.95. The van der Waals surface area contributed by atoms with E-state index in [1.165, 1.54) is 11.1 Å². The summed E-state index contributed by atoms with van der Waals surface area (Å²) in [7, 11) is 1.61. The van der Waals surface area contributed by atoms with Crippen LogP contribution in [0.3, 0.4) is 0 Å². The van der Waals surface area contributed by atoms with Crippen LogP contribution in [-0.4, -0.2) is 24.7 Å². The molecule has 0 unspecified atom stereocenters. The molecule has 2 amide bonds. The maximum Gasteiger partial charge on any atom is 0.315 e. The lowest BCUT2D eigenvalue weighted by molar-refractivity contribution is 0.237. The number of aromatic nitrogens is 1. The van der Waals surface area contributed by atoms with Crippen molar-refractivity contribution in [3.05, 3.63) is 59.4 Å². The molecule has 1 aromatic heterocycles. The van der Waals surface area contributed by atoms with Gasteiger partial charge in [-0.05, 0) is 48.3 Å². The van der Waals surface area contributed by atoms with Crippen LogP contribution in [0.25, 0.3) is 0 Å². The maximum atomic E-state index is 12.2. The van der Waals surface area contributed by atoms with E-state index in [0.29, 0.717) is 23.5 Å². The fraction of sp³-hybridized carbons (Fsp3) is 0.400. The van der Waals surface area contributed by atoms with E-state index in [0.717, 1.165) is 18.5 Å². The van der Waals surface area contributed by atoms with Gasteiger partial charge in [0.05, 0.1) is 19.3 Å². The second-order valence-electron chi connectivity index (χ2n) is 6.95. The molecule has 0 saturated heterocycles. The molecule has 1 aromatic carbocycles. The number of ether oxygens (including phenoxy) is 1. The van der Waals surface area contributed by atoms with E-state index in [9.17, 15) is 4.79 Å². The Morgan fingerprint density at radius 3 is 3.04 bits per heavy atom. The molecule has 2 aliphatic carbocycles. The maximum absolute atomic E-state index is 12.2. The summed E-state index contributed by atoms with van der Waals surface area (Å²) in [6.07, 6.45) is 4.52. The van der Waals surface area contributed by atoms with E-state index in [2.05, 4.69) is 39.9 Å². The lowest BCUT2D eigenvalue weighted by Gasteiger charge is -2.17. The highest BCUT2D eigenvalue weighted by Gasteiger charge is 2.54. The molecule has 0 spiro atoms. The first-order valence-corrected chi connectivity index (χ1v) is 8.79. The predicted molar refractivity (Wildman–Crippen MR) is 95.6 cm³/mol. The van der Waals surface area contributed by atoms with Crippen LogP contribution in [0.4, 0.5) is 4.79 Å². The smallest absolute Gasteiger partial charge is 0.315 e. The Balaban J connectivity index is 1.30. The van der Waals surface area contributed by atoms with Crippen molar-refractivity contribution in [3.63, 3.8) is 0 Å². The minimum absolute atomic E-state index is 0.135. The molecule has 4 atom stereocenters. The number of hydrogen-bond donors (Lipinski definition) is 2. The van der Waals surface area contributed by atoms with Gasteiger partial charge in [0, 0.05) is 18.3 Å². The Labute approximate surface area is 147 Å². The molecular weight excluding hydrogens is 314 g/mol. The highest BCUT2D eigenvalue weighted by molar-refractivity contribution is 5.74. The first-order chi connectivity index (χ1) is 12.2. The molecule has 2 aromatic rings. The fourth-order valence-electron chi connectivity index (χ4n) is 4.22. The number of carbonyl (C=O) groups excluding carboxylic acids is 1. The van der Waals surface area contributed by atoms with Gasteiger partial charge in [0.1, 0.15) is 5.75 Å². The molecule has 0 bridgehead atoms. The molecular formula is C20H23N3O2. The van der Waals surface area contributed by atoms with E-state index in [-0.39, 0.29) is 12.1 Å². The zero-order valence-electron chi connectivity index (χ0n) is 14.5. The number of benzene rings is 1. The van der Waals surface area contributed by atoms with Crippen LogP contribution in [-0.2, 0) is 6.42 Å². The van der Waals surface area contributed by atoms with Crippen LogP contribution in [0.15, 0.2) is 42.7 Å². The number of fused-ring (bicyclic) bond motifs is 3. The number of rotatable bonds is 5. The van der Waals surface area contributed by atoms with E-state index < -0.39 is 0 Å². The van der Waals surface area contributed by atoms with Crippen molar-refractivity contribution in [3.8, 4) is 5.75 Å². The second-order valence-corrected chi connectivity index (χ2v) is 6.95. The van der Waals surface area contributed by atoms with Gasteiger partial charge in [-0.2, -0.15) is 0 Å². The van der Waals surface area contributed by atoms with Gasteiger partial charge in [0.15, 0.2) is 0 Å². The topological polar surface area (TPSA) is 63.2 Å². The van der Waals surface area contributed by atoms with Crippen LogP contribution in [0, 0.1) is 11.8 Å².